The first-order chi connectivity index (χ1) is 16.9. The number of fused-ring (bicyclic) bond motifs is 1. The molecule has 1 N–H and O–H groups in total. The molecule has 35 heavy (non-hydrogen) atoms. The monoisotopic (exact) mass is 547 g/mol. The van der Waals surface area contributed by atoms with Crippen LogP contribution in [0, 0.1) is 5.82 Å². The second-order valence-corrected chi connectivity index (χ2v) is 9.93. The zero-order valence-corrected chi connectivity index (χ0v) is 20.9. The van der Waals surface area contributed by atoms with E-state index < -0.39 is 11.9 Å². The Hall–Kier alpha value is -3.62. The minimum atomic E-state index is -0.748. The lowest BCUT2D eigenvalue weighted by molar-refractivity contribution is -0.113. The van der Waals surface area contributed by atoms with Gasteiger partial charge in [-0.05, 0) is 60.5 Å². The van der Waals surface area contributed by atoms with Crippen LogP contribution in [0.25, 0.3) is 6.08 Å². The third-order valence-corrected chi connectivity index (χ3v) is 7.16. The summed E-state index contributed by atoms with van der Waals surface area (Å²) < 4.78 is 16.7. The number of nitrogens with one attached hydrogen (secondary N) is 1. The highest BCUT2D eigenvalue weighted by Gasteiger charge is 2.32. The van der Waals surface area contributed by atoms with Crippen molar-refractivity contribution in [3.63, 3.8) is 0 Å². The third-order valence-electron chi connectivity index (χ3n) is 5.65. The summed E-state index contributed by atoms with van der Waals surface area (Å²) in [7, 11) is 0. The van der Waals surface area contributed by atoms with Gasteiger partial charge in [-0.1, -0.05) is 69.7 Å². The van der Waals surface area contributed by atoms with Gasteiger partial charge in [0.15, 0.2) is 4.80 Å². The van der Waals surface area contributed by atoms with Gasteiger partial charge < -0.3 is 5.32 Å². The lowest BCUT2D eigenvalue weighted by Crippen LogP contribution is -2.40. The number of anilines is 1. The number of hydrogen-bond acceptors (Lipinski definition) is 4. The SMILES string of the molecule is CC1=C(C(=O)Nc2ccccc2)[C@@H](c2ccc(F)cc2)n2c(s/c(=C/c3ccc(Br)cc3)c2=O)=N1. The first-order valence-electron chi connectivity index (χ1n) is 10.8. The fourth-order valence-electron chi connectivity index (χ4n) is 4.00. The first-order valence-corrected chi connectivity index (χ1v) is 12.4. The predicted octanol–water partition coefficient (Wildman–Crippen LogP) is 4.78. The molecule has 0 bridgehead atoms. The molecule has 4 aromatic rings. The maximum absolute atomic E-state index is 13.7. The van der Waals surface area contributed by atoms with Crippen LogP contribution in [0.1, 0.15) is 24.1 Å². The summed E-state index contributed by atoms with van der Waals surface area (Å²) in [5.41, 5.74) is 2.70. The molecule has 0 spiro atoms. The van der Waals surface area contributed by atoms with Gasteiger partial charge in [-0.25, -0.2) is 9.38 Å². The number of aromatic nitrogens is 1. The molecule has 0 radical (unpaired) electrons. The van der Waals surface area contributed by atoms with E-state index in [2.05, 4.69) is 26.2 Å². The Labute approximate surface area is 212 Å². The Bertz CT molecular complexity index is 1620. The van der Waals surface area contributed by atoms with Crippen LogP contribution in [0.5, 0.6) is 0 Å². The van der Waals surface area contributed by atoms with Crippen molar-refractivity contribution in [3.8, 4) is 0 Å². The summed E-state index contributed by atoms with van der Waals surface area (Å²) in [6.07, 6.45) is 1.81. The predicted molar refractivity (Wildman–Crippen MR) is 139 cm³/mol. The van der Waals surface area contributed by atoms with Crippen molar-refractivity contribution in [2.45, 2.75) is 13.0 Å². The first kappa shape index (κ1) is 23.1. The topological polar surface area (TPSA) is 63.5 Å². The number of benzene rings is 3. The zero-order valence-electron chi connectivity index (χ0n) is 18.5. The fraction of sp³-hybridized carbons (Fsp3) is 0.0741. The van der Waals surface area contributed by atoms with E-state index >= 15 is 0 Å². The molecule has 1 amide bonds. The summed E-state index contributed by atoms with van der Waals surface area (Å²) in [6, 6.07) is 21.8. The summed E-state index contributed by atoms with van der Waals surface area (Å²) >= 11 is 4.68. The molecule has 8 heteroatoms. The molecule has 1 aromatic heterocycles. The molecular formula is C27H19BrFN3O2S. The van der Waals surface area contributed by atoms with Crippen LogP contribution in [0.2, 0.25) is 0 Å². The number of rotatable bonds is 4. The van der Waals surface area contributed by atoms with Gasteiger partial charge in [0, 0.05) is 10.2 Å². The van der Waals surface area contributed by atoms with Crippen molar-refractivity contribution in [1.29, 1.82) is 0 Å². The number of amides is 1. The van der Waals surface area contributed by atoms with Gasteiger partial charge in [-0.3, -0.25) is 14.2 Å². The number of carbonyl (C=O) groups excluding carboxylic acids is 1. The summed E-state index contributed by atoms with van der Waals surface area (Å²) in [4.78, 5) is 32.2. The van der Waals surface area contributed by atoms with Crippen LogP contribution in [0.4, 0.5) is 10.1 Å². The number of carbonyl (C=O) groups is 1. The van der Waals surface area contributed by atoms with E-state index in [0.29, 0.717) is 31.9 Å². The Kier molecular flexibility index (Phi) is 6.32. The Morgan fingerprint density at radius 2 is 1.74 bits per heavy atom. The van der Waals surface area contributed by atoms with Crippen LogP contribution in [0.3, 0.4) is 0 Å². The largest absolute Gasteiger partial charge is 0.322 e. The number of allylic oxidation sites excluding steroid dienone is 1. The van der Waals surface area contributed by atoms with Crippen molar-refractivity contribution in [1.82, 2.24) is 4.57 Å². The van der Waals surface area contributed by atoms with Gasteiger partial charge >= 0.3 is 0 Å². The maximum Gasteiger partial charge on any atom is 0.271 e. The van der Waals surface area contributed by atoms with E-state index in [1.54, 1.807) is 37.3 Å². The van der Waals surface area contributed by atoms with E-state index in [-0.39, 0.29) is 11.5 Å². The highest BCUT2D eigenvalue weighted by Crippen LogP contribution is 2.31. The molecule has 5 nitrogen and oxygen atoms in total. The molecular weight excluding hydrogens is 529 g/mol. The minimum absolute atomic E-state index is 0.261. The molecule has 1 aliphatic heterocycles. The maximum atomic E-state index is 13.7. The second-order valence-electron chi connectivity index (χ2n) is 8.01. The molecule has 3 aromatic carbocycles. The quantitative estimate of drug-likeness (QED) is 0.399. The fourth-order valence-corrected chi connectivity index (χ4v) is 5.31. The Morgan fingerprint density at radius 1 is 1.06 bits per heavy atom. The van der Waals surface area contributed by atoms with Crippen molar-refractivity contribution in [2.75, 3.05) is 5.32 Å². The number of para-hydroxylation sites is 1. The number of thiazole rings is 1. The van der Waals surface area contributed by atoms with Crippen LogP contribution < -0.4 is 20.2 Å². The van der Waals surface area contributed by atoms with Gasteiger partial charge in [0.05, 0.1) is 21.8 Å². The molecule has 174 valence electrons. The van der Waals surface area contributed by atoms with Gasteiger partial charge in [0.1, 0.15) is 5.82 Å². The van der Waals surface area contributed by atoms with E-state index in [0.717, 1.165) is 10.0 Å². The van der Waals surface area contributed by atoms with Crippen LogP contribution in [-0.2, 0) is 4.79 Å². The average Bonchev–Trinajstić information content (AvgIpc) is 3.15. The lowest BCUT2D eigenvalue weighted by atomic mass is 9.95. The van der Waals surface area contributed by atoms with Crippen LogP contribution in [-0.4, -0.2) is 10.5 Å². The summed E-state index contributed by atoms with van der Waals surface area (Å²) in [6.45, 7) is 1.75. The van der Waals surface area contributed by atoms with E-state index in [4.69, 9.17) is 0 Å². The van der Waals surface area contributed by atoms with Crippen molar-refractivity contribution in [3.05, 3.63) is 131 Å². The van der Waals surface area contributed by atoms with Gasteiger partial charge in [-0.15, -0.1) is 0 Å². The highest BCUT2D eigenvalue weighted by atomic mass is 79.9. The molecule has 0 unspecified atom stereocenters. The van der Waals surface area contributed by atoms with E-state index in [1.165, 1.54) is 28.0 Å². The molecule has 0 fully saturated rings. The van der Waals surface area contributed by atoms with E-state index in [9.17, 15) is 14.0 Å². The number of hydrogen-bond donors (Lipinski definition) is 1. The van der Waals surface area contributed by atoms with E-state index in [1.807, 2.05) is 42.5 Å². The van der Waals surface area contributed by atoms with Crippen molar-refractivity contribution < 1.29 is 9.18 Å². The van der Waals surface area contributed by atoms with Crippen molar-refractivity contribution >= 4 is 44.9 Å². The van der Waals surface area contributed by atoms with Crippen molar-refractivity contribution in [2.24, 2.45) is 4.99 Å². The number of halogens is 2. The van der Waals surface area contributed by atoms with Gasteiger partial charge in [0.25, 0.3) is 11.5 Å². The second kappa shape index (κ2) is 9.56. The average molecular weight is 548 g/mol. The molecule has 1 aliphatic rings. The summed E-state index contributed by atoms with van der Waals surface area (Å²) in [5, 5.41) is 2.90. The Morgan fingerprint density at radius 3 is 2.43 bits per heavy atom. The zero-order chi connectivity index (χ0) is 24.5. The molecule has 1 atom stereocenters. The highest BCUT2D eigenvalue weighted by molar-refractivity contribution is 9.10. The molecule has 0 aliphatic carbocycles. The Balaban J connectivity index is 1.67. The molecule has 0 saturated heterocycles. The normalized spacial score (nSPS) is 15.5. The third kappa shape index (κ3) is 4.67. The summed E-state index contributed by atoms with van der Waals surface area (Å²) in [5.74, 6) is -0.763. The minimum Gasteiger partial charge on any atom is -0.322 e. The van der Waals surface area contributed by atoms with Gasteiger partial charge in [-0.2, -0.15) is 0 Å². The standard InChI is InChI=1S/C27H19BrFN3O2S/c1-16-23(25(33)31-21-5-3-2-4-6-21)24(18-9-13-20(29)14-10-18)32-26(34)22(35-27(32)30-16)15-17-7-11-19(28)12-8-17/h2-15,24H,1H3,(H,31,33)/b22-15+/t24-/m1/s1. The number of nitrogens with zero attached hydrogens (tertiary/aromatic N) is 2. The molecule has 0 saturated carbocycles. The van der Waals surface area contributed by atoms with Crippen LogP contribution >= 0.6 is 27.3 Å². The smallest absolute Gasteiger partial charge is 0.271 e. The van der Waals surface area contributed by atoms with Crippen LogP contribution in [0.15, 0.2) is 104 Å². The molecule has 5 rings (SSSR count). The lowest BCUT2D eigenvalue weighted by Gasteiger charge is -2.25. The van der Waals surface area contributed by atoms with Gasteiger partial charge in [0.2, 0.25) is 0 Å². The molecule has 2 heterocycles.